The van der Waals surface area contributed by atoms with Gasteiger partial charge in [-0.25, -0.2) is 4.79 Å². The molecule has 1 rings (SSSR count). The van der Waals surface area contributed by atoms with Crippen molar-refractivity contribution in [1.82, 2.24) is 15.1 Å². The number of likely N-dealkylation sites (tertiary alicyclic amines) is 1. The Morgan fingerprint density at radius 3 is 2.50 bits per heavy atom. The van der Waals surface area contributed by atoms with Gasteiger partial charge in [0.05, 0.1) is 6.10 Å². The van der Waals surface area contributed by atoms with Crippen LogP contribution >= 0.6 is 0 Å². The summed E-state index contributed by atoms with van der Waals surface area (Å²) in [6.07, 6.45) is 3.37. The van der Waals surface area contributed by atoms with Crippen LogP contribution in [-0.2, 0) is 0 Å². The lowest BCUT2D eigenvalue weighted by Gasteiger charge is -2.30. The van der Waals surface area contributed by atoms with E-state index in [1.165, 1.54) is 24.2 Å². The number of carbonyl (C=O) groups excluding carboxylic acids is 1. The molecule has 2 N–H and O–H groups in total. The van der Waals surface area contributed by atoms with Crippen LogP contribution in [-0.4, -0.2) is 66.3 Å². The number of aliphatic hydroxyl groups excluding tert-OH is 1. The highest BCUT2D eigenvalue weighted by atomic mass is 16.3. The fraction of sp³-hybridized carbons (Fsp3) is 0.923. The average molecular weight is 257 g/mol. The van der Waals surface area contributed by atoms with E-state index >= 15 is 0 Å². The zero-order valence-corrected chi connectivity index (χ0v) is 11.9. The molecule has 1 aliphatic rings. The van der Waals surface area contributed by atoms with Crippen molar-refractivity contribution >= 4 is 6.03 Å². The molecule has 0 aromatic heterocycles. The van der Waals surface area contributed by atoms with Gasteiger partial charge < -0.3 is 20.2 Å². The summed E-state index contributed by atoms with van der Waals surface area (Å²) in [7, 11) is 1.70. The van der Waals surface area contributed by atoms with Crippen LogP contribution < -0.4 is 5.32 Å². The molecule has 0 bridgehead atoms. The lowest BCUT2D eigenvalue weighted by Crippen LogP contribution is -2.48. The van der Waals surface area contributed by atoms with E-state index in [4.69, 9.17) is 0 Å². The van der Waals surface area contributed by atoms with Gasteiger partial charge in [0.1, 0.15) is 0 Å². The van der Waals surface area contributed by atoms with E-state index in [0.717, 1.165) is 19.6 Å². The number of hydrogen-bond donors (Lipinski definition) is 2. The third kappa shape index (κ3) is 5.69. The van der Waals surface area contributed by atoms with Crippen LogP contribution in [0.25, 0.3) is 0 Å². The fourth-order valence-corrected chi connectivity index (χ4v) is 2.38. The van der Waals surface area contributed by atoms with E-state index in [0.29, 0.717) is 6.54 Å². The summed E-state index contributed by atoms with van der Waals surface area (Å²) in [5.41, 5.74) is 0. The molecule has 106 valence electrons. The van der Waals surface area contributed by atoms with Crippen LogP contribution in [0, 0.1) is 0 Å². The van der Waals surface area contributed by atoms with Crippen molar-refractivity contribution in [3.63, 3.8) is 0 Å². The number of carbonyl (C=O) groups is 1. The standard InChI is InChI=1S/C13H27N3O2/c1-11(9-16-7-5-4-6-8-16)14-13(18)15(3)10-12(2)17/h11-12,17H,4-10H2,1-3H3,(H,14,18). The molecule has 1 aliphatic heterocycles. The Kier molecular flexibility index (Phi) is 6.43. The van der Waals surface area contributed by atoms with Crippen LogP contribution in [0.4, 0.5) is 4.79 Å². The van der Waals surface area contributed by atoms with Crippen LogP contribution in [0.5, 0.6) is 0 Å². The summed E-state index contributed by atoms with van der Waals surface area (Å²) < 4.78 is 0. The van der Waals surface area contributed by atoms with Crippen molar-refractivity contribution in [2.75, 3.05) is 33.2 Å². The first-order valence-electron chi connectivity index (χ1n) is 6.91. The molecule has 2 amide bonds. The lowest BCUT2D eigenvalue weighted by molar-refractivity contribution is 0.140. The van der Waals surface area contributed by atoms with Gasteiger partial charge in [0.15, 0.2) is 0 Å². The van der Waals surface area contributed by atoms with Crippen molar-refractivity contribution in [1.29, 1.82) is 0 Å². The van der Waals surface area contributed by atoms with E-state index in [2.05, 4.69) is 10.2 Å². The van der Waals surface area contributed by atoms with E-state index < -0.39 is 6.10 Å². The van der Waals surface area contributed by atoms with E-state index in [-0.39, 0.29) is 12.1 Å². The third-order valence-electron chi connectivity index (χ3n) is 3.24. The topological polar surface area (TPSA) is 55.8 Å². The second-order valence-corrected chi connectivity index (χ2v) is 5.44. The summed E-state index contributed by atoms with van der Waals surface area (Å²) in [5.74, 6) is 0. The van der Waals surface area contributed by atoms with Crippen molar-refractivity contribution in [2.45, 2.75) is 45.3 Å². The Morgan fingerprint density at radius 2 is 1.94 bits per heavy atom. The first kappa shape index (κ1) is 15.2. The van der Waals surface area contributed by atoms with Crippen LogP contribution in [0.3, 0.4) is 0 Å². The highest BCUT2D eigenvalue weighted by Gasteiger charge is 2.17. The van der Waals surface area contributed by atoms with Gasteiger partial charge in [0.25, 0.3) is 0 Å². The highest BCUT2D eigenvalue weighted by molar-refractivity contribution is 5.74. The van der Waals surface area contributed by atoms with Gasteiger partial charge in [0.2, 0.25) is 0 Å². The van der Waals surface area contributed by atoms with Crippen molar-refractivity contribution in [3.05, 3.63) is 0 Å². The molecule has 0 spiro atoms. The number of hydrogen-bond acceptors (Lipinski definition) is 3. The average Bonchev–Trinajstić information content (AvgIpc) is 2.29. The van der Waals surface area contributed by atoms with Crippen LogP contribution in [0.2, 0.25) is 0 Å². The molecule has 1 fully saturated rings. The summed E-state index contributed by atoms with van der Waals surface area (Å²) in [4.78, 5) is 15.7. The zero-order valence-electron chi connectivity index (χ0n) is 11.9. The van der Waals surface area contributed by atoms with Crippen molar-refractivity contribution < 1.29 is 9.90 Å². The van der Waals surface area contributed by atoms with Crippen molar-refractivity contribution in [2.24, 2.45) is 0 Å². The van der Waals surface area contributed by atoms with Crippen LogP contribution in [0.1, 0.15) is 33.1 Å². The molecule has 1 heterocycles. The Balaban J connectivity index is 2.25. The van der Waals surface area contributed by atoms with Gasteiger partial charge >= 0.3 is 6.03 Å². The highest BCUT2D eigenvalue weighted by Crippen LogP contribution is 2.08. The smallest absolute Gasteiger partial charge is 0.317 e. The molecule has 0 saturated carbocycles. The molecule has 0 aliphatic carbocycles. The molecule has 5 nitrogen and oxygen atoms in total. The van der Waals surface area contributed by atoms with Gasteiger partial charge in [-0.2, -0.15) is 0 Å². The molecular weight excluding hydrogens is 230 g/mol. The van der Waals surface area contributed by atoms with E-state index in [1.807, 2.05) is 6.92 Å². The molecule has 5 heteroatoms. The first-order chi connectivity index (χ1) is 8.49. The Morgan fingerprint density at radius 1 is 1.33 bits per heavy atom. The molecule has 0 radical (unpaired) electrons. The first-order valence-corrected chi connectivity index (χ1v) is 6.91. The van der Waals surface area contributed by atoms with Gasteiger partial charge in [0, 0.05) is 26.2 Å². The molecule has 2 atom stereocenters. The summed E-state index contributed by atoms with van der Waals surface area (Å²) in [6.45, 7) is 7.27. The minimum atomic E-state index is -0.488. The second kappa shape index (κ2) is 7.59. The zero-order chi connectivity index (χ0) is 13.5. The number of rotatable bonds is 5. The molecular formula is C13H27N3O2. The number of amides is 2. The maximum absolute atomic E-state index is 11.8. The summed E-state index contributed by atoms with van der Waals surface area (Å²) in [6, 6.07) is 0.0347. The number of nitrogens with zero attached hydrogens (tertiary/aromatic N) is 2. The lowest BCUT2D eigenvalue weighted by atomic mass is 10.1. The molecule has 2 unspecified atom stereocenters. The molecule has 1 saturated heterocycles. The Labute approximate surface area is 110 Å². The number of urea groups is 1. The van der Waals surface area contributed by atoms with Crippen LogP contribution in [0.15, 0.2) is 0 Å². The maximum Gasteiger partial charge on any atom is 0.317 e. The minimum Gasteiger partial charge on any atom is -0.392 e. The van der Waals surface area contributed by atoms with Gasteiger partial charge in [-0.3, -0.25) is 0 Å². The largest absolute Gasteiger partial charge is 0.392 e. The maximum atomic E-state index is 11.8. The SMILES string of the molecule is CC(O)CN(C)C(=O)NC(C)CN1CCCCC1. The number of aliphatic hydroxyl groups is 1. The Bertz CT molecular complexity index is 253. The fourth-order valence-electron chi connectivity index (χ4n) is 2.38. The van der Waals surface area contributed by atoms with E-state index in [9.17, 15) is 9.90 Å². The second-order valence-electron chi connectivity index (χ2n) is 5.44. The Hall–Kier alpha value is -0.810. The normalized spacial score (nSPS) is 20.2. The minimum absolute atomic E-state index is 0.111. The van der Waals surface area contributed by atoms with Crippen molar-refractivity contribution in [3.8, 4) is 0 Å². The predicted octanol–water partition coefficient (Wildman–Crippen LogP) is 0.883. The number of nitrogens with one attached hydrogen (secondary N) is 1. The number of piperidine rings is 1. The summed E-state index contributed by atoms with van der Waals surface area (Å²) in [5, 5.41) is 12.2. The molecule has 0 aromatic carbocycles. The van der Waals surface area contributed by atoms with Gasteiger partial charge in [-0.15, -0.1) is 0 Å². The predicted molar refractivity (Wildman–Crippen MR) is 72.6 cm³/mol. The molecule has 18 heavy (non-hydrogen) atoms. The van der Waals surface area contributed by atoms with E-state index in [1.54, 1.807) is 14.0 Å². The molecule has 0 aromatic rings. The van der Waals surface area contributed by atoms with Gasteiger partial charge in [-0.05, 0) is 39.8 Å². The quantitative estimate of drug-likeness (QED) is 0.769. The van der Waals surface area contributed by atoms with Gasteiger partial charge in [-0.1, -0.05) is 6.42 Å². The monoisotopic (exact) mass is 257 g/mol. The third-order valence-corrected chi connectivity index (χ3v) is 3.24. The number of likely N-dealkylation sites (N-methyl/N-ethyl adjacent to an activating group) is 1. The summed E-state index contributed by atoms with van der Waals surface area (Å²) >= 11 is 0.